The summed E-state index contributed by atoms with van der Waals surface area (Å²) >= 11 is 0. The summed E-state index contributed by atoms with van der Waals surface area (Å²) in [7, 11) is 1.90. The van der Waals surface area contributed by atoms with Crippen molar-refractivity contribution in [2.45, 2.75) is 26.4 Å². The third-order valence-electron chi connectivity index (χ3n) is 3.19. The molecule has 0 aliphatic heterocycles. The Balaban J connectivity index is 2.15. The highest BCUT2D eigenvalue weighted by Crippen LogP contribution is 2.25. The average Bonchev–Trinajstić information content (AvgIpc) is 2.92. The van der Waals surface area contributed by atoms with Crippen LogP contribution in [0.4, 0.5) is 10.1 Å². The van der Waals surface area contributed by atoms with E-state index in [4.69, 9.17) is 4.42 Å². The van der Waals surface area contributed by atoms with Crippen molar-refractivity contribution in [3.05, 3.63) is 53.7 Å². The van der Waals surface area contributed by atoms with Crippen molar-refractivity contribution in [3.63, 3.8) is 0 Å². The fourth-order valence-electron chi connectivity index (χ4n) is 2.27. The SMILES string of the molecule is CCCNCc1cccc(F)c1N(C)Cc1ccoc1. The molecule has 2 rings (SSSR count). The zero-order valence-corrected chi connectivity index (χ0v) is 12.0. The molecule has 1 aromatic carbocycles. The number of para-hydroxylation sites is 1. The second-order valence-corrected chi connectivity index (χ2v) is 4.91. The van der Waals surface area contributed by atoms with E-state index in [1.807, 2.05) is 24.1 Å². The number of nitrogens with zero attached hydrogens (tertiary/aromatic N) is 1. The minimum Gasteiger partial charge on any atom is -0.472 e. The highest BCUT2D eigenvalue weighted by atomic mass is 19.1. The van der Waals surface area contributed by atoms with E-state index < -0.39 is 0 Å². The van der Waals surface area contributed by atoms with E-state index in [2.05, 4.69) is 12.2 Å². The Morgan fingerprint density at radius 3 is 2.85 bits per heavy atom. The van der Waals surface area contributed by atoms with Gasteiger partial charge in [0.2, 0.25) is 0 Å². The average molecular weight is 276 g/mol. The molecule has 20 heavy (non-hydrogen) atoms. The van der Waals surface area contributed by atoms with Gasteiger partial charge in [0.05, 0.1) is 18.2 Å². The zero-order chi connectivity index (χ0) is 14.4. The Kier molecular flexibility index (Phi) is 5.18. The molecular formula is C16H21FN2O. The lowest BCUT2D eigenvalue weighted by Gasteiger charge is -2.22. The summed E-state index contributed by atoms with van der Waals surface area (Å²) in [6, 6.07) is 7.12. The lowest BCUT2D eigenvalue weighted by molar-refractivity contribution is 0.563. The summed E-state index contributed by atoms with van der Waals surface area (Å²) in [5.41, 5.74) is 2.66. The van der Waals surface area contributed by atoms with Gasteiger partial charge in [-0.1, -0.05) is 19.1 Å². The molecule has 0 saturated heterocycles. The Morgan fingerprint density at radius 1 is 1.30 bits per heavy atom. The second kappa shape index (κ2) is 7.10. The van der Waals surface area contributed by atoms with Crippen molar-refractivity contribution in [3.8, 4) is 0 Å². The highest BCUT2D eigenvalue weighted by Gasteiger charge is 2.13. The highest BCUT2D eigenvalue weighted by molar-refractivity contribution is 5.54. The molecule has 0 fully saturated rings. The molecule has 0 bridgehead atoms. The molecule has 0 unspecified atom stereocenters. The summed E-state index contributed by atoms with van der Waals surface area (Å²) in [6.07, 6.45) is 4.39. The van der Waals surface area contributed by atoms with Gasteiger partial charge in [0, 0.05) is 25.7 Å². The van der Waals surface area contributed by atoms with Crippen LogP contribution >= 0.6 is 0 Å². The van der Waals surface area contributed by atoms with E-state index >= 15 is 0 Å². The number of nitrogens with one attached hydrogen (secondary N) is 1. The summed E-state index contributed by atoms with van der Waals surface area (Å²) in [5.74, 6) is -0.188. The van der Waals surface area contributed by atoms with Gasteiger partial charge >= 0.3 is 0 Å². The maximum Gasteiger partial charge on any atom is 0.146 e. The number of benzene rings is 1. The number of hydrogen-bond acceptors (Lipinski definition) is 3. The van der Waals surface area contributed by atoms with E-state index in [1.165, 1.54) is 6.07 Å². The smallest absolute Gasteiger partial charge is 0.146 e. The van der Waals surface area contributed by atoms with Gasteiger partial charge in [0.1, 0.15) is 5.82 Å². The van der Waals surface area contributed by atoms with Crippen LogP contribution in [-0.2, 0) is 13.1 Å². The molecule has 1 aromatic heterocycles. The van der Waals surface area contributed by atoms with Gasteiger partial charge in [-0.15, -0.1) is 0 Å². The van der Waals surface area contributed by atoms with Crippen LogP contribution in [0, 0.1) is 5.82 Å². The maximum atomic E-state index is 14.1. The molecule has 4 heteroatoms. The van der Waals surface area contributed by atoms with Crippen LogP contribution in [0.15, 0.2) is 41.2 Å². The molecule has 0 aliphatic rings. The topological polar surface area (TPSA) is 28.4 Å². The summed E-state index contributed by atoms with van der Waals surface area (Å²) in [5, 5.41) is 3.32. The van der Waals surface area contributed by atoms with E-state index in [-0.39, 0.29) is 5.82 Å². The zero-order valence-electron chi connectivity index (χ0n) is 12.0. The minimum absolute atomic E-state index is 0.188. The van der Waals surface area contributed by atoms with E-state index in [0.29, 0.717) is 18.8 Å². The molecule has 1 heterocycles. The molecule has 0 saturated carbocycles. The Hall–Kier alpha value is -1.81. The van der Waals surface area contributed by atoms with Gasteiger partial charge in [0.25, 0.3) is 0 Å². The van der Waals surface area contributed by atoms with E-state index in [0.717, 1.165) is 24.1 Å². The van der Waals surface area contributed by atoms with Crippen molar-refractivity contribution in [2.75, 3.05) is 18.5 Å². The minimum atomic E-state index is -0.188. The van der Waals surface area contributed by atoms with Crippen LogP contribution in [0.25, 0.3) is 0 Å². The van der Waals surface area contributed by atoms with Gasteiger partial charge in [-0.3, -0.25) is 0 Å². The van der Waals surface area contributed by atoms with Crippen LogP contribution in [0.5, 0.6) is 0 Å². The molecule has 1 N–H and O–H groups in total. The summed E-state index contributed by atoms with van der Waals surface area (Å²) in [6.45, 7) is 4.35. The predicted octanol–water partition coefficient (Wildman–Crippen LogP) is 3.55. The molecule has 0 amide bonds. The largest absolute Gasteiger partial charge is 0.472 e. The first-order valence-electron chi connectivity index (χ1n) is 6.92. The Morgan fingerprint density at radius 2 is 2.15 bits per heavy atom. The fourth-order valence-corrected chi connectivity index (χ4v) is 2.27. The Bertz CT molecular complexity index is 525. The third-order valence-corrected chi connectivity index (χ3v) is 3.19. The molecule has 0 spiro atoms. The van der Waals surface area contributed by atoms with Crippen molar-refractivity contribution in [2.24, 2.45) is 0 Å². The normalized spacial score (nSPS) is 10.8. The Labute approximate surface area is 119 Å². The molecule has 0 atom stereocenters. The standard InChI is InChI=1S/C16H21FN2O/c1-3-8-18-10-14-5-4-6-15(17)16(14)19(2)11-13-7-9-20-12-13/h4-7,9,12,18H,3,8,10-11H2,1-2H3. The first-order valence-corrected chi connectivity index (χ1v) is 6.92. The summed E-state index contributed by atoms with van der Waals surface area (Å²) < 4.78 is 19.2. The number of halogens is 1. The molecular weight excluding hydrogens is 255 g/mol. The van der Waals surface area contributed by atoms with Gasteiger partial charge in [-0.2, -0.15) is 0 Å². The monoisotopic (exact) mass is 276 g/mol. The number of anilines is 1. The second-order valence-electron chi connectivity index (χ2n) is 4.91. The lowest BCUT2D eigenvalue weighted by atomic mass is 10.1. The molecule has 108 valence electrons. The molecule has 3 nitrogen and oxygen atoms in total. The van der Waals surface area contributed by atoms with Gasteiger partial charge < -0.3 is 14.6 Å². The van der Waals surface area contributed by atoms with Crippen LogP contribution in [0.2, 0.25) is 0 Å². The van der Waals surface area contributed by atoms with E-state index in [1.54, 1.807) is 18.6 Å². The predicted molar refractivity (Wildman–Crippen MR) is 79.2 cm³/mol. The lowest BCUT2D eigenvalue weighted by Crippen LogP contribution is -2.22. The van der Waals surface area contributed by atoms with Crippen molar-refractivity contribution in [1.82, 2.24) is 5.32 Å². The fraction of sp³-hybridized carbons (Fsp3) is 0.375. The van der Waals surface area contributed by atoms with Crippen LogP contribution < -0.4 is 10.2 Å². The molecule has 0 radical (unpaired) electrons. The van der Waals surface area contributed by atoms with Crippen molar-refractivity contribution < 1.29 is 8.81 Å². The first-order chi connectivity index (χ1) is 9.72. The van der Waals surface area contributed by atoms with Crippen LogP contribution in [-0.4, -0.2) is 13.6 Å². The van der Waals surface area contributed by atoms with E-state index in [9.17, 15) is 4.39 Å². The summed E-state index contributed by atoms with van der Waals surface area (Å²) in [4.78, 5) is 1.92. The molecule has 2 aromatic rings. The van der Waals surface area contributed by atoms with Crippen molar-refractivity contribution in [1.29, 1.82) is 0 Å². The van der Waals surface area contributed by atoms with Gasteiger partial charge in [0.15, 0.2) is 0 Å². The van der Waals surface area contributed by atoms with Crippen LogP contribution in [0.3, 0.4) is 0 Å². The van der Waals surface area contributed by atoms with Gasteiger partial charge in [-0.05, 0) is 30.7 Å². The number of furan rings is 1. The quantitative estimate of drug-likeness (QED) is 0.784. The first kappa shape index (κ1) is 14.6. The third kappa shape index (κ3) is 3.61. The molecule has 0 aliphatic carbocycles. The number of hydrogen-bond donors (Lipinski definition) is 1. The number of rotatable bonds is 7. The van der Waals surface area contributed by atoms with Crippen molar-refractivity contribution >= 4 is 5.69 Å². The van der Waals surface area contributed by atoms with Crippen LogP contribution in [0.1, 0.15) is 24.5 Å². The van der Waals surface area contributed by atoms with Gasteiger partial charge in [-0.25, -0.2) is 4.39 Å². The maximum absolute atomic E-state index is 14.1.